The fraction of sp³-hybridized carbons (Fsp3) is 0. The maximum absolute atomic E-state index is 12.4. The van der Waals surface area contributed by atoms with Crippen molar-refractivity contribution < 1.29 is 9.21 Å². The first-order valence-corrected chi connectivity index (χ1v) is 6.85. The van der Waals surface area contributed by atoms with Gasteiger partial charge in [0.15, 0.2) is 4.32 Å². The smallest absolute Gasteiger partial charge is 0.270 e. The van der Waals surface area contributed by atoms with Gasteiger partial charge >= 0.3 is 0 Å². The van der Waals surface area contributed by atoms with Gasteiger partial charge < -0.3 is 4.42 Å². The SMILES string of the molecule is O=C1/C(=C/c2ccco2)SC(=S)N1c1ccccc1. The van der Waals surface area contributed by atoms with Crippen LogP contribution in [0, 0.1) is 0 Å². The van der Waals surface area contributed by atoms with Gasteiger partial charge in [0.2, 0.25) is 0 Å². The fourth-order valence-corrected chi connectivity index (χ4v) is 3.05. The minimum Gasteiger partial charge on any atom is -0.465 e. The van der Waals surface area contributed by atoms with E-state index in [-0.39, 0.29) is 5.91 Å². The van der Waals surface area contributed by atoms with Crippen molar-refractivity contribution in [2.24, 2.45) is 0 Å². The molecular formula is C14H9NO2S2. The molecule has 3 rings (SSSR count). The molecule has 0 bridgehead atoms. The van der Waals surface area contributed by atoms with Gasteiger partial charge in [-0.1, -0.05) is 42.2 Å². The highest BCUT2D eigenvalue weighted by molar-refractivity contribution is 8.27. The number of amides is 1. The van der Waals surface area contributed by atoms with E-state index in [2.05, 4.69) is 0 Å². The number of benzene rings is 1. The third-order valence-corrected chi connectivity index (χ3v) is 3.93. The van der Waals surface area contributed by atoms with Crippen LogP contribution in [0.15, 0.2) is 58.1 Å². The number of hydrogen-bond donors (Lipinski definition) is 0. The number of thioether (sulfide) groups is 1. The van der Waals surface area contributed by atoms with E-state index in [0.717, 1.165) is 5.69 Å². The zero-order valence-electron chi connectivity index (χ0n) is 9.78. The molecule has 0 spiro atoms. The molecule has 1 aromatic heterocycles. The molecule has 5 heteroatoms. The summed E-state index contributed by atoms with van der Waals surface area (Å²) in [5.74, 6) is 0.533. The highest BCUT2D eigenvalue weighted by Crippen LogP contribution is 2.35. The lowest BCUT2D eigenvalue weighted by atomic mass is 10.3. The maximum atomic E-state index is 12.4. The van der Waals surface area contributed by atoms with Gasteiger partial charge in [-0.05, 0) is 24.3 Å². The van der Waals surface area contributed by atoms with Crippen LogP contribution in [-0.4, -0.2) is 10.2 Å². The van der Waals surface area contributed by atoms with Crippen molar-refractivity contribution in [2.75, 3.05) is 4.90 Å². The Hall–Kier alpha value is -1.85. The van der Waals surface area contributed by atoms with Crippen molar-refractivity contribution in [1.82, 2.24) is 0 Å². The molecule has 0 N–H and O–H groups in total. The normalized spacial score (nSPS) is 17.5. The summed E-state index contributed by atoms with van der Waals surface area (Å²) in [5, 5.41) is 0. The van der Waals surface area contributed by atoms with Crippen LogP contribution < -0.4 is 4.90 Å². The molecule has 94 valence electrons. The summed E-state index contributed by atoms with van der Waals surface area (Å²) >= 11 is 6.55. The Morgan fingerprint density at radius 1 is 1.16 bits per heavy atom. The number of thiocarbonyl (C=S) groups is 1. The number of nitrogens with zero attached hydrogens (tertiary/aromatic N) is 1. The lowest BCUT2D eigenvalue weighted by molar-refractivity contribution is -0.113. The molecule has 0 atom stereocenters. The van der Waals surface area contributed by atoms with E-state index in [1.54, 1.807) is 24.5 Å². The Morgan fingerprint density at radius 2 is 1.95 bits per heavy atom. The second-order valence-corrected chi connectivity index (χ2v) is 5.54. The van der Waals surface area contributed by atoms with Crippen LogP contribution >= 0.6 is 24.0 Å². The van der Waals surface area contributed by atoms with E-state index in [1.165, 1.54) is 16.7 Å². The molecule has 1 aromatic carbocycles. The topological polar surface area (TPSA) is 33.5 Å². The molecule has 1 aliphatic heterocycles. The molecule has 0 radical (unpaired) electrons. The van der Waals surface area contributed by atoms with Crippen LogP contribution in [0.4, 0.5) is 5.69 Å². The molecule has 3 nitrogen and oxygen atoms in total. The number of carbonyl (C=O) groups excluding carboxylic acids is 1. The highest BCUT2D eigenvalue weighted by atomic mass is 32.2. The summed E-state index contributed by atoms with van der Waals surface area (Å²) in [5.41, 5.74) is 0.785. The fourth-order valence-electron chi connectivity index (χ4n) is 1.77. The van der Waals surface area contributed by atoms with Crippen LogP contribution in [0.3, 0.4) is 0 Å². The second kappa shape index (κ2) is 5.03. The summed E-state index contributed by atoms with van der Waals surface area (Å²) < 4.78 is 5.75. The van der Waals surface area contributed by atoms with Crippen LogP contribution in [0.25, 0.3) is 6.08 Å². The molecule has 0 saturated carbocycles. The highest BCUT2D eigenvalue weighted by Gasteiger charge is 2.33. The Labute approximate surface area is 119 Å². The van der Waals surface area contributed by atoms with Crippen molar-refractivity contribution in [1.29, 1.82) is 0 Å². The Kier molecular flexibility index (Phi) is 3.23. The van der Waals surface area contributed by atoms with Gasteiger partial charge in [-0.25, -0.2) is 0 Å². The monoisotopic (exact) mass is 287 g/mol. The molecule has 1 aliphatic rings. The van der Waals surface area contributed by atoms with Gasteiger partial charge in [0.25, 0.3) is 5.91 Å². The number of anilines is 1. The van der Waals surface area contributed by atoms with E-state index < -0.39 is 0 Å². The average Bonchev–Trinajstić information content (AvgIpc) is 3.01. The van der Waals surface area contributed by atoms with E-state index in [4.69, 9.17) is 16.6 Å². The summed E-state index contributed by atoms with van der Waals surface area (Å²) in [6, 6.07) is 13.0. The average molecular weight is 287 g/mol. The first kappa shape index (κ1) is 12.2. The van der Waals surface area contributed by atoms with Crippen molar-refractivity contribution in [3.8, 4) is 0 Å². The van der Waals surface area contributed by atoms with Gasteiger partial charge in [0.05, 0.1) is 16.9 Å². The van der Waals surface area contributed by atoms with Crippen LogP contribution in [-0.2, 0) is 4.79 Å². The minimum absolute atomic E-state index is 0.113. The number of rotatable bonds is 2. The van der Waals surface area contributed by atoms with E-state index in [9.17, 15) is 4.79 Å². The Balaban J connectivity index is 1.94. The van der Waals surface area contributed by atoms with Crippen molar-refractivity contribution in [2.45, 2.75) is 0 Å². The summed E-state index contributed by atoms with van der Waals surface area (Å²) in [4.78, 5) is 14.5. The molecule has 19 heavy (non-hydrogen) atoms. The number of carbonyl (C=O) groups is 1. The molecule has 1 fully saturated rings. The third-order valence-electron chi connectivity index (χ3n) is 2.62. The van der Waals surface area contributed by atoms with Gasteiger partial charge in [-0.3, -0.25) is 9.69 Å². The molecule has 2 aromatic rings. The quantitative estimate of drug-likeness (QED) is 0.623. The van der Waals surface area contributed by atoms with Crippen LogP contribution in [0.2, 0.25) is 0 Å². The molecule has 1 saturated heterocycles. The molecule has 0 aliphatic carbocycles. The minimum atomic E-state index is -0.113. The van der Waals surface area contributed by atoms with Gasteiger partial charge in [0.1, 0.15) is 5.76 Å². The molecule has 0 unspecified atom stereocenters. The van der Waals surface area contributed by atoms with Gasteiger partial charge in [-0.15, -0.1) is 0 Å². The van der Waals surface area contributed by atoms with Crippen LogP contribution in [0.5, 0.6) is 0 Å². The lowest BCUT2D eigenvalue weighted by Crippen LogP contribution is -2.27. The van der Waals surface area contributed by atoms with Crippen molar-refractivity contribution >= 4 is 46.0 Å². The zero-order valence-corrected chi connectivity index (χ0v) is 11.4. The summed E-state index contributed by atoms with van der Waals surface area (Å²) in [7, 11) is 0. The lowest BCUT2D eigenvalue weighted by Gasteiger charge is -2.13. The maximum Gasteiger partial charge on any atom is 0.270 e. The predicted molar refractivity (Wildman–Crippen MR) is 80.8 cm³/mol. The Bertz CT molecular complexity index is 647. The number of hydrogen-bond acceptors (Lipinski definition) is 4. The zero-order chi connectivity index (χ0) is 13.2. The first-order valence-electron chi connectivity index (χ1n) is 5.62. The molecule has 2 heterocycles. The molecular weight excluding hydrogens is 278 g/mol. The number of para-hydroxylation sites is 1. The van der Waals surface area contributed by atoms with E-state index in [0.29, 0.717) is 15.0 Å². The van der Waals surface area contributed by atoms with Crippen molar-refractivity contribution in [3.05, 3.63) is 59.4 Å². The summed E-state index contributed by atoms with van der Waals surface area (Å²) in [6.45, 7) is 0. The predicted octanol–water partition coefficient (Wildman–Crippen LogP) is 3.69. The number of furan rings is 1. The van der Waals surface area contributed by atoms with Crippen molar-refractivity contribution in [3.63, 3.8) is 0 Å². The Morgan fingerprint density at radius 3 is 2.63 bits per heavy atom. The molecule has 1 amide bonds. The van der Waals surface area contributed by atoms with Crippen LogP contribution in [0.1, 0.15) is 5.76 Å². The van der Waals surface area contributed by atoms with E-state index in [1.807, 2.05) is 30.3 Å². The standard InChI is InChI=1S/C14H9NO2S2/c16-13-12(9-11-7-4-8-17-11)19-14(18)15(13)10-5-2-1-3-6-10/h1-9H/b12-9-. The first-order chi connectivity index (χ1) is 9.25. The largest absolute Gasteiger partial charge is 0.465 e. The van der Waals surface area contributed by atoms with E-state index >= 15 is 0 Å². The third kappa shape index (κ3) is 2.34. The van der Waals surface area contributed by atoms with Gasteiger partial charge in [0, 0.05) is 6.08 Å². The summed E-state index contributed by atoms with van der Waals surface area (Å²) in [6.07, 6.45) is 3.28. The second-order valence-electron chi connectivity index (χ2n) is 3.87. The van der Waals surface area contributed by atoms with Gasteiger partial charge in [-0.2, -0.15) is 0 Å².